The molecule has 118 valence electrons. The van der Waals surface area contributed by atoms with Gasteiger partial charge in [0.25, 0.3) is 0 Å². The van der Waals surface area contributed by atoms with Crippen molar-refractivity contribution in [2.75, 3.05) is 33.9 Å². The first kappa shape index (κ1) is 17.2. The lowest BCUT2D eigenvalue weighted by Gasteiger charge is -2.17. The molecule has 0 aliphatic heterocycles. The highest BCUT2D eigenvalue weighted by atomic mass is 19.1. The van der Waals surface area contributed by atoms with Gasteiger partial charge >= 0.3 is 0 Å². The van der Waals surface area contributed by atoms with Crippen LogP contribution in [0.1, 0.15) is 13.3 Å². The van der Waals surface area contributed by atoms with Crippen molar-refractivity contribution in [1.29, 1.82) is 0 Å². The van der Waals surface area contributed by atoms with Gasteiger partial charge in [-0.15, -0.1) is 0 Å². The first-order valence-corrected chi connectivity index (χ1v) is 7.01. The van der Waals surface area contributed by atoms with Crippen LogP contribution in [-0.4, -0.2) is 45.9 Å². The van der Waals surface area contributed by atoms with E-state index in [0.717, 1.165) is 13.0 Å². The van der Waals surface area contributed by atoms with E-state index in [9.17, 15) is 4.39 Å². The monoisotopic (exact) mass is 297 g/mol. The Hall–Kier alpha value is -1.82. The molecule has 0 bridgehead atoms. The topological polar surface area (TPSA) is 54.9 Å². The summed E-state index contributed by atoms with van der Waals surface area (Å²) in [6.45, 7) is 3.98. The van der Waals surface area contributed by atoms with Crippen molar-refractivity contribution in [2.24, 2.45) is 4.99 Å². The van der Waals surface area contributed by atoms with E-state index in [1.807, 2.05) is 6.92 Å². The van der Waals surface area contributed by atoms with E-state index < -0.39 is 0 Å². The van der Waals surface area contributed by atoms with Crippen LogP contribution in [0.3, 0.4) is 0 Å². The van der Waals surface area contributed by atoms with Crippen LogP contribution < -0.4 is 15.4 Å². The number of nitrogens with one attached hydrogen (secondary N) is 2. The standard InChI is InChI=1S/C15H24FN3O2/c1-12(21-14-7-4-6-13(16)10-14)11-19-15(17-2)18-8-5-9-20-3/h4,6-7,10,12H,5,8-9,11H2,1-3H3,(H2,17,18,19). The van der Waals surface area contributed by atoms with Crippen LogP contribution in [0.2, 0.25) is 0 Å². The van der Waals surface area contributed by atoms with Gasteiger partial charge in [-0.05, 0) is 25.5 Å². The summed E-state index contributed by atoms with van der Waals surface area (Å²) in [4.78, 5) is 4.12. The Labute approximate surface area is 125 Å². The van der Waals surface area contributed by atoms with Crippen LogP contribution in [0.15, 0.2) is 29.3 Å². The van der Waals surface area contributed by atoms with E-state index in [-0.39, 0.29) is 11.9 Å². The lowest BCUT2D eigenvalue weighted by molar-refractivity contribution is 0.195. The molecule has 5 nitrogen and oxygen atoms in total. The van der Waals surface area contributed by atoms with Gasteiger partial charge in [-0.2, -0.15) is 0 Å². The van der Waals surface area contributed by atoms with Crippen LogP contribution in [0.4, 0.5) is 4.39 Å². The van der Waals surface area contributed by atoms with E-state index in [4.69, 9.17) is 9.47 Å². The first-order chi connectivity index (χ1) is 10.2. The quantitative estimate of drug-likeness (QED) is 0.436. The highest BCUT2D eigenvalue weighted by molar-refractivity contribution is 5.79. The van der Waals surface area contributed by atoms with E-state index in [1.54, 1.807) is 26.3 Å². The molecule has 0 radical (unpaired) electrons. The van der Waals surface area contributed by atoms with Gasteiger partial charge in [0.05, 0.1) is 6.54 Å². The third-order valence-electron chi connectivity index (χ3n) is 2.73. The van der Waals surface area contributed by atoms with E-state index in [2.05, 4.69) is 15.6 Å². The van der Waals surface area contributed by atoms with Crippen LogP contribution in [0, 0.1) is 5.82 Å². The molecule has 0 aliphatic carbocycles. The van der Waals surface area contributed by atoms with Gasteiger partial charge in [0, 0.05) is 33.4 Å². The number of guanidine groups is 1. The van der Waals surface area contributed by atoms with Crippen LogP contribution in [0.25, 0.3) is 0 Å². The second kappa shape index (κ2) is 9.99. The molecule has 1 aromatic rings. The fourth-order valence-electron chi connectivity index (χ4n) is 1.70. The maximum Gasteiger partial charge on any atom is 0.191 e. The van der Waals surface area contributed by atoms with Gasteiger partial charge in [-0.25, -0.2) is 4.39 Å². The number of nitrogens with zero attached hydrogens (tertiary/aromatic N) is 1. The van der Waals surface area contributed by atoms with E-state index in [1.165, 1.54) is 12.1 Å². The molecule has 0 spiro atoms. The first-order valence-electron chi connectivity index (χ1n) is 7.01. The predicted octanol–water partition coefficient (Wildman–Crippen LogP) is 1.79. The number of benzene rings is 1. The Bertz CT molecular complexity index is 441. The molecule has 21 heavy (non-hydrogen) atoms. The number of ether oxygens (including phenoxy) is 2. The second-order valence-corrected chi connectivity index (χ2v) is 4.61. The fourth-order valence-corrected chi connectivity index (χ4v) is 1.70. The zero-order chi connectivity index (χ0) is 15.5. The molecule has 1 unspecified atom stereocenters. The molecule has 6 heteroatoms. The third kappa shape index (κ3) is 7.51. The highest BCUT2D eigenvalue weighted by Crippen LogP contribution is 2.13. The molecular formula is C15H24FN3O2. The molecule has 0 amide bonds. The van der Waals surface area contributed by atoms with Crippen molar-refractivity contribution in [3.63, 3.8) is 0 Å². The Morgan fingerprint density at radius 2 is 2.19 bits per heavy atom. The van der Waals surface area contributed by atoms with Crippen molar-refractivity contribution >= 4 is 5.96 Å². The van der Waals surface area contributed by atoms with Crippen molar-refractivity contribution < 1.29 is 13.9 Å². The summed E-state index contributed by atoms with van der Waals surface area (Å²) in [6, 6.07) is 6.12. The normalized spacial score (nSPS) is 12.9. The van der Waals surface area contributed by atoms with Gasteiger partial charge in [-0.1, -0.05) is 6.07 Å². The summed E-state index contributed by atoms with van der Waals surface area (Å²) < 4.78 is 23.7. The van der Waals surface area contributed by atoms with Gasteiger partial charge in [0.2, 0.25) is 0 Å². The molecule has 0 aliphatic rings. The van der Waals surface area contributed by atoms with Crippen molar-refractivity contribution in [1.82, 2.24) is 10.6 Å². The Balaban J connectivity index is 2.29. The molecule has 1 atom stereocenters. The molecule has 1 aromatic carbocycles. The molecule has 0 heterocycles. The number of hydrogen-bond acceptors (Lipinski definition) is 3. The van der Waals surface area contributed by atoms with Gasteiger partial charge < -0.3 is 20.1 Å². The average molecular weight is 297 g/mol. The SMILES string of the molecule is CN=C(NCCCOC)NCC(C)Oc1cccc(F)c1. The Kier molecular flexibility index (Phi) is 8.19. The summed E-state index contributed by atoms with van der Waals surface area (Å²) in [5.74, 6) is 0.927. The molecule has 0 fully saturated rings. The lowest BCUT2D eigenvalue weighted by atomic mass is 10.3. The summed E-state index contributed by atoms with van der Waals surface area (Å²) in [5, 5.41) is 6.34. The smallest absolute Gasteiger partial charge is 0.191 e. The second-order valence-electron chi connectivity index (χ2n) is 4.61. The van der Waals surface area contributed by atoms with Crippen molar-refractivity contribution in [3.05, 3.63) is 30.1 Å². The van der Waals surface area contributed by atoms with Crippen molar-refractivity contribution in [2.45, 2.75) is 19.4 Å². The van der Waals surface area contributed by atoms with Gasteiger partial charge in [-0.3, -0.25) is 4.99 Å². The Morgan fingerprint density at radius 3 is 2.86 bits per heavy atom. The molecular weight excluding hydrogens is 273 g/mol. The summed E-state index contributed by atoms with van der Waals surface area (Å²) in [7, 11) is 3.39. The number of aliphatic imine (C=N–C) groups is 1. The Morgan fingerprint density at radius 1 is 1.38 bits per heavy atom. The van der Waals surface area contributed by atoms with Crippen molar-refractivity contribution in [3.8, 4) is 5.75 Å². The highest BCUT2D eigenvalue weighted by Gasteiger charge is 2.06. The summed E-state index contributed by atoms with van der Waals surface area (Å²) in [5.41, 5.74) is 0. The van der Waals surface area contributed by atoms with E-state index in [0.29, 0.717) is 24.9 Å². The van der Waals surface area contributed by atoms with Crippen LogP contribution in [-0.2, 0) is 4.74 Å². The lowest BCUT2D eigenvalue weighted by Crippen LogP contribution is -2.42. The maximum atomic E-state index is 13.1. The number of methoxy groups -OCH3 is 1. The van der Waals surface area contributed by atoms with Gasteiger partial charge in [0.1, 0.15) is 17.7 Å². The van der Waals surface area contributed by atoms with Crippen LogP contribution >= 0.6 is 0 Å². The maximum absolute atomic E-state index is 13.1. The molecule has 0 saturated heterocycles. The minimum atomic E-state index is -0.303. The van der Waals surface area contributed by atoms with Gasteiger partial charge in [0.15, 0.2) is 5.96 Å². The van der Waals surface area contributed by atoms with Crippen LogP contribution in [0.5, 0.6) is 5.75 Å². The van der Waals surface area contributed by atoms with E-state index >= 15 is 0 Å². The fraction of sp³-hybridized carbons (Fsp3) is 0.533. The summed E-state index contributed by atoms with van der Waals surface area (Å²) >= 11 is 0. The molecule has 0 aromatic heterocycles. The molecule has 2 N–H and O–H groups in total. The zero-order valence-electron chi connectivity index (χ0n) is 12.9. The largest absolute Gasteiger partial charge is 0.489 e. The number of halogens is 1. The summed E-state index contributed by atoms with van der Waals surface area (Å²) in [6.07, 6.45) is 0.802. The molecule has 0 saturated carbocycles. The minimum absolute atomic E-state index is 0.107. The molecule has 1 rings (SSSR count). The zero-order valence-corrected chi connectivity index (χ0v) is 12.9. The number of rotatable bonds is 8. The average Bonchev–Trinajstić information content (AvgIpc) is 2.46. The predicted molar refractivity (Wildman–Crippen MR) is 82.3 cm³/mol. The number of hydrogen-bond donors (Lipinski definition) is 2. The minimum Gasteiger partial charge on any atom is -0.489 e. The third-order valence-corrected chi connectivity index (χ3v) is 2.73.